The molecule has 0 saturated heterocycles. The Kier molecular flexibility index (Phi) is 3.80. The molecular weight excluding hydrogens is 312 g/mol. The molecule has 1 aliphatic rings. The van der Waals surface area contributed by atoms with E-state index in [1.54, 1.807) is 18.2 Å². The minimum atomic E-state index is -1.12. The van der Waals surface area contributed by atoms with Crippen LogP contribution in [0.4, 0.5) is 5.69 Å². The van der Waals surface area contributed by atoms with E-state index in [4.69, 9.17) is 5.73 Å². The second kappa shape index (κ2) is 5.21. The fraction of sp³-hybridized carbons (Fsp3) is 0.385. The Balaban J connectivity index is 2.20. The van der Waals surface area contributed by atoms with Gasteiger partial charge in [0.1, 0.15) is 5.54 Å². The zero-order valence-electron chi connectivity index (χ0n) is 10.3. The number of nitrogen functional groups attached to an aromatic ring is 1. The van der Waals surface area contributed by atoms with E-state index in [0.29, 0.717) is 28.6 Å². The largest absolute Gasteiger partial charge is 0.480 e. The number of carbonyl (C=O) groups excluding carboxylic acids is 1. The standard InChI is InChI=1S/C13H15BrN2O3/c14-9-7-8(3-4-10(9)15)11(17)16-13(12(18)19)5-1-2-6-13/h3-4,7H,1-2,5-6,15H2,(H,16,17)(H,18,19). The van der Waals surface area contributed by atoms with Crippen LogP contribution in [0.5, 0.6) is 0 Å². The van der Waals surface area contributed by atoms with Gasteiger partial charge in [-0.2, -0.15) is 0 Å². The molecule has 4 N–H and O–H groups in total. The topological polar surface area (TPSA) is 92.4 Å². The van der Waals surface area contributed by atoms with Crippen molar-refractivity contribution in [2.24, 2.45) is 0 Å². The molecule has 0 heterocycles. The molecule has 2 rings (SSSR count). The van der Waals surface area contributed by atoms with Crippen molar-refractivity contribution in [3.05, 3.63) is 28.2 Å². The van der Waals surface area contributed by atoms with E-state index in [1.807, 2.05) is 0 Å². The molecule has 0 aliphatic heterocycles. The van der Waals surface area contributed by atoms with E-state index in [9.17, 15) is 14.7 Å². The van der Waals surface area contributed by atoms with Gasteiger partial charge in [-0.05, 0) is 47.0 Å². The molecule has 5 nitrogen and oxygen atoms in total. The lowest BCUT2D eigenvalue weighted by Crippen LogP contribution is -2.52. The lowest BCUT2D eigenvalue weighted by atomic mass is 9.97. The smallest absolute Gasteiger partial charge is 0.329 e. The monoisotopic (exact) mass is 326 g/mol. The van der Waals surface area contributed by atoms with Gasteiger partial charge in [0.2, 0.25) is 0 Å². The molecule has 0 unspecified atom stereocenters. The lowest BCUT2D eigenvalue weighted by Gasteiger charge is -2.25. The number of nitrogens with two attached hydrogens (primary N) is 1. The van der Waals surface area contributed by atoms with Crippen molar-refractivity contribution in [2.75, 3.05) is 5.73 Å². The predicted octanol–water partition coefficient (Wildman–Crippen LogP) is 2.16. The second-order valence-electron chi connectivity index (χ2n) is 4.78. The van der Waals surface area contributed by atoms with Crippen molar-refractivity contribution < 1.29 is 14.7 Å². The van der Waals surface area contributed by atoms with Gasteiger partial charge < -0.3 is 16.2 Å². The van der Waals surface area contributed by atoms with Crippen molar-refractivity contribution in [3.63, 3.8) is 0 Å². The third-order valence-electron chi connectivity index (χ3n) is 3.48. The van der Waals surface area contributed by atoms with Gasteiger partial charge in [0.25, 0.3) is 5.91 Å². The second-order valence-corrected chi connectivity index (χ2v) is 5.64. The first-order chi connectivity index (χ1) is 8.94. The normalized spacial score (nSPS) is 17.1. The molecule has 0 spiro atoms. The van der Waals surface area contributed by atoms with Crippen LogP contribution in [-0.2, 0) is 4.79 Å². The highest BCUT2D eigenvalue weighted by Crippen LogP contribution is 2.30. The first kappa shape index (κ1) is 13.9. The number of hydrogen-bond acceptors (Lipinski definition) is 3. The number of hydrogen-bond donors (Lipinski definition) is 3. The zero-order chi connectivity index (χ0) is 14.0. The Morgan fingerprint density at radius 2 is 1.95 bits per heavy atom. The Morgan fingerprint density at radius 3 is 2.47 bits per heavy atom. The number of anilines is 1. The van der Waals surface area contributed by atoms with E-state index < -0.39 is 11.5 Å². The van der Waals surface area contributed by atoms with Crippen LogP contribution in [0.3, 0.4) is 0 Å². The van der Waals surface area contributed by atoms with Crippen molar-refractivity contribution >= 4 is 33.5 Å². The molecule has 6 heteroatoms. The zero-order valence-corrected chi connectivity index (χ0v) is 11.9. The fourth-order valence-corrected chi connectivity index (χ4v) is 2.71. The average molecular weight is 327 g/mol. The molecule has 1 amide bonds. The molecule has 1 aromatic rings. The number of carboxylic acids is 1. The number of rotatable bonds is 3. The van der Waals surface area contributed by atoms with Gasteiger partial charge in [0, 0.05) is 15.7 Å². The Bertz CT molecular complexity index is 525. The summed E-state index contributed by atoms with van der Waals surface area (Å²) in [6.07, 6.45) is 2.59. The Hall–Kier alpha value is -1.56. The SMILES string of the molecule is Nc1ccc(C(=O)NC2(C(=O)O)CCCC2)cc1Br. The van der Waals surface area contributed by atoms with E-state index >= 15 is 0 Å². The third kappa shape index (κ3) is 2.73. The number of nitrogens with one attached hydrogen (secondary N) is 1. The van der Waals surface area contributed by atoms with E-state index in [0.717, 1.165) is 12.8 Å². The highest BCUT2D eigenvalue weighted by Gasteiger charge is 2.42. The van der Waals surface area contributed by atoms with Crippen LogP contribution >= 0.6 is 15.9 Å². The molecule has 1 saturated carbocycles. The van der Waals surface area contributed by atoms with Gasteiger partial charge in [-0.3, -0.25) is 4.79 Å². The Morgan fingerprint density at radius 1 is 1.32 bits per heavy atom. The van der Waals surface area contributed by atoms with Gasteiger partial charge >= 0.3 is 5.97 Å². The van der Waals surface area contributed by atoms with Crippen LogP contribution in [0, 0.1) is 0 Å². The molecule has 0 bridgehead atoms. The fourth-order valence-electron chi connectivity index (χ4n) is 2.33. The summed E-state index contributed by atoms with van der Waals surface area (Å²) in [7, 11) is 0. The van der Waals surface area contributed by atoms with Gasteiger partial charge in [0.15, 0.2) is 0 Å². The summed E-state index contributed by atoms with van der Waals surface area (Å²) < 4.78 is 0.621. The van der Waals surface area contributed by atoms with Crippen LogP contribution in [0.15, 0.2) is 22.7 Å². The highest BCUT2D eigenvalue weighted by atomic mass is 79.9. The molecule has 102 valence electrons. The molecule has 1 aliphatic carbocycles. The van der Waals surface area contributed by atoms with E-state index in [1.165, 1.54) is 0 Å². The number of carbonyl (C=O) groups is 2. The molecule has 0 radical (unpaired) electrons. The molecule has 0 aromatic heterocycles. The Labute approximate surface area is 119 Å². The molecule has 0 atom stereocenters. The highest BCUT2D eigenvalue weighted by molar-refractivity contribution is 9.10. The summed E-state index contributed by atoms with van der Waals surface area (Å²) in [5, 5.41) is 12.0. The molecule has 1 fully saturated rings. The van der Waals surface area contributed by atoms with Crippen LogP contribution in [0.2, 0.25) is 0 Å². The summed E-state index contributed by atoms with van der Waals surface area (Å²) in [6, 6.07) is 4.79. The van der Waals surface area contributed by atoms with E-state index in [2.05, 4.69) is 21.2 Å². The van der Waals surface area contributed by atoms with Gasteiger partial charge in [-0.25, -0.2) is 4.79 Å². The number of aliphatic carboxylic acids is 1. The summed E-state index contributed by atoms with van der Waals surface area (Å²) in [5.74, 6) is -1.35. The predicted molar refractivity (Wildman–Crippen MR) is 74.9 cm³/mol. The van der Waals surface area contributed by atoms with Crippen LogP contribution in [0.25, 0.3) is 0 Å². The maximum Gasteiger partial charge on any atom is 0.329 e. The molecular formula is C13H15BrN2O3. The molecule has 19 heavy (non-hydrogen) atoms. The molecule has 1 aromatic carbocycles. The third-order valence-corrected chi connectivity index (χ3v) is 4.17. The van der Waals surface area contributed by atoms with Crippen LogP contribution in [0.1, 0.15) is 36.0 Å². The van der Waals surface area contributed by atoms with Crippen LogP contribution in [-0.4, -0.2) is 22.5 Å². The van der Waals surface area contributed by atoms with Crippen molar-refractivity contribution in [1.82, 2.24) is 5.32 Å². The summed E-state index contributed by atoms with van der Waals surface area (Å²) in [6.45, 7) is 0. The quantitative estimate of drug-likeness (QED) is 0.742. The van der Waals surface area contributed by atoms with Gasteiger partial charge in [-0.15, -0.1) is 0 Å². The number of amides is 1. The van der Waals surface area contributed by atoms with Gasteiger partial charge in [-0.1, -0.05) is 12.8 Å². The average Bonchev–Trinajstić information content (AvgIpc) is 2.82. The van der Waals surface area contributed by atoms with Crippen molar-refractivity contribution in [2.45, 2.75) is 31.2 Å². The number of carboxylic acid groups (broad SMARTS) is 1. The number of halogens is 1. The first-order valence-electron chi connectivity index (χ1n) is 6.05. The summed E-state index contributed by atoms with van der Waals surface area (Å²) in [5.41, 5.74) is 5.46. The number of benzene rings is 1. The van der Waals surface area contributed by atoms with Crippen LogP contribution < -0.4 is 11.1 Å². The van der Waals surface area contributed by atoms with Crippen molar-refractivity contribution in [3.8, 4) is 0 Å². The van der Waals surface area contributed by atoms with E-state index in [-0.39, 0.29) is 5.91 Å². The minimum absolute atomic E-state index is 0.384. The minimum Gasteiger partial charge on any atom is -0.480 e. The lowest BCUT2D eigenvalue weighted by molar-refractivity contribution is -0.144. The van der Waals surface area contributed by atoms with Crippen molar-refractivity contribution in [1.29, 1.82) is 0 Å². The maximum atomic E-state index is 12.1. The first-order valence-corrected chi connectivity index (χ1v) is 6.85. The summed E-state index contributed by atoms with van der Waals surface area (Å²) >= 11 is 3.25. The van der Waals surface area contributed by atoms with Gasteiger partial charge in [0.05, 0.1) is 0 Å². The maximum absolute atomic E-state index is 12.1. The summed E-state index contributed by atoms with van der Waals surface area (Å²) in [4.78, 5) is 23.5.